The first-order chi connectivity index (χ1) is 16.8. The van der Waals surface area contributed by atoms with Crippen LogP contribution in [-0.2, 0) is 11.8 Å². The second-order valence-corrected chi connectivity index (χ2v) is 8.33. The molecule has 3 N–H and O–H groups in total. The molecule has 1 aromatic heterocycles. The molecule has 0 aliphatic carbocycles. The zero-order valence-electron chi connectivity index (χ0n) is 19.8. The molecule has 35 heavy (non-hydrogen) atoms. The van der Waals surface area contributed by atoms with Crippen molar-refractivity contribution in [2.24, 2.45) is 12.8 Å². The number of rotatable bonds is 6. The Balaban J connectivity index is 0.000000196. The average Bonchev–Trinajstić information content (AvgIpc) is 3.32. The number of methoxy groups -OCH3 is 1. The molecule has 1 atom stereocenters. The van der Waals surface area contributed by atoms with E-state index >= 15 is 0 Å². The zero-order valence-corrected chi connectivity index (χ0v) is 19.8. The number of anilines is 1. The largest absolute Gasteiger partial charge is 0.383 e. The number of carbonyl (C=O) groups is 1. The third kappa shape index (κ3) is 6.97. The predicted octanol–water partition coefficient (Wildman–Crippen LogP) is 3.94. The Morgan fingerprint density at radius 1 is 1.14 bits per heavy atom. The van der Waals surface area contributed by atoms with Gasteiger partial charge in [0.15, 0.2) is 11.6 Å². The third-order valence-electron chi connectivity index (χ3n) is 5.89. The van der Waals surface area contributed by atoms with Crippen molar-refractivity contribution in [1.29, 1.82) is 0 Å². The molecule has 186 valence electrons. The number of aryl methyl sites for hydroxylation is 1. The maximum Gasteiger partial charge on any atom is 0.316 e. The highest BCUT2D eigenvalue weighted by atomic mass is 19.2. The van der Waals surface area contributed by atoms with Crippen LogP contribution < -0.4 is 16.6 Å². The first-order valence-electron chi connectivity index (χ1n) is 11.3. The number of primary amides is 1. The van der Waals surface area contributed by atoms with Crippen molar-refractivity contribution in [3.05, 3.63) is 88.3 Å². The van der Waals surface area contributed by atoms with Gasteiger partial charge in [-0.2, -0.15) is 0 Å². The number of nitrogens with one attached hydrogen (secondary N) is 1. The van der Waals surface area contributed by atoms with Gasteiger partial charge in [0.25, 0.3) is 5.56 Å². The Labute approximate surface area is 203 Å². The summed E-state index contributed by atoms with van der Waals surface area (Å²) < 4.78 is 32.4. The van der Waals surface area contributed by atoms with Crippen molar-refractivity contribution in [3.8, 4) is 11.1 Å². The maximum atomic E-state index is 13.1. The van der Waals surface area contributed by atoms with Crippen LogP contribution in [-0.4, -0.2) is 48.8 Å². The topological polar surface area (TPSA) is 89.6 Å². The van der Waals surface area contributed by atoms with Gasteiger partial charge in [0.05, 0.1) is 17.9 Å². The van der Waals surface area contributed by atoms with E-state index in [1.807, 2.05) is 30.3 Å². The minimum absolute atomic E-state index is 0.188. The SMILES string of the molecule is COCCN1CCC(c2ccc(F)c(F)c2)C1.Cn1ccc(NC(N)=O)c(-c2ccccc2)c1=O. The molecule has 2 amide bonds. The van der Waals surface area contributed by atoms with Crippen LogP contribution in [0.2, 0.25) is 0 Å². The number of pyridine rings is 1. The van der Waals surface area contributed by atoms with Crippen molar-refractivity contribution >= 4 is 11.7 Å². The van der Waals surface area contributed by atoms with Crippen LogP contribution in [0.15, 0.2) is 65.6 Å². The Morgan fingerprint density at radius 3 is 2.54 bits per heavy atom. The first kappa shape index (κ1) is 26.1. The number of nitrogens with two attached hydrogens (primary N) is 1. The van der Waals surface area contributed by atoms with E-state index in [9.17, 15) is 18.4 Å². The van der Waals surface area contributed by atoms with Gasteiger partial charge in [-0.15, -0.1) is 0 Å². The molecule has 1 fully saturated rings. The van der Waals surface area contributed by atoms with Crippen molar-refractivity contribution in [1.82, 2.24) is 9.47 Å². The number of aromatic nitrogens is 1. The second kappa shape index (κ2) is 12.2. The van der Waals surface area contributed by atoms with E-state index in [4.69, 9.17) is 10.5 Å². The van der Waals surface area contributed by atoms with Gasteiger partial charge in [0, 0.05) is 33.4 Å². The van der Waals surface area contributed by atoms with Crippen molar-refractivity contribution in [3.63, 3.8) is 0 Å². The summed E-state index contributed by atoms with van der Waals surface area (Å²) >= 11 is 0. The Kier molecular flexibility index (Phi) is 9.11. The van der Waals surface area contributed by atoms with Crippen LogP contribution in [0.3, 0.4) is 0 Å². The van der Waals surface area contributed by atoms with E-state index in [2.05, 4.69) is 10.2 Å². The lowest BCUT2D eigenvalue weighted by Gasteiger charge is -2.15. The second-order valence-electron chi connectivity index (χ2n) is 8.33. The maximum absolute atomic E-state index is 13.1. The quantitative estimate of drug-likeness (QED) is 0.555. The molecule has 1 unspecified atom stereocenters. The lowest BCUT2D eigenvalue weighted by Crippen LogP contribution is -2.24. The van der Waals surface area contributed by atoms with Crippen LogP contribution in [0.5, 0.6) is 0 Å². The molecule has 0 spiro atoms. The van der Waals surface area contributed by atoms with Gasteiger partial charge < -0.3 is 25.3 Å². The lowest BCUT2D eigenvalue weighted by molar-refractivity contribution is 0.160. The monoisotopic (exact) mass is 484 g/mol. The van der Waals surface area contributed by atoms with Crippen LogP contribution in [0.1, 0.15) is 17.9 Å². The summed E-state index contributed by atoms with van der Waals surface area (Å²) in [6.45, 7) is 3.50. The summed E-state index contributed by atoms with van der Waals surface area (Å²) in [5.41, 5.74) is 7.39. The zero-order chi connectivity index (χ0) is 25.4. The summed E-state index contributed by atoms with van der Waals surface area (Å²) in [7, 11) is 3.34. The fourth-order valence-electron chi connectivity index (χ4n) is 4.04. The minimum Gasteiger partial charge on any atom is -0.383 e. The van der Waals surface area contributed by atoms with Gasteiger partial charge in [-0.05, 0) is 48.2 Å². The van der Waals surface area contributed by atoms with Gasteiger partial charge in [-0.3, -0.25) is 4.79 Å². The van der Waals surface area contributed by atoms with Gasteiger partial charge in [-0.1, -0.05) is 36.4 Å². The molecule has 9 heteroatoms. The van der Waals surface area contributed by atoms with E-state index in [0.29, 0.717) is 23.8 Å². The number of amides is 2. The third-order valence-corrected chi connectivity index (χ3v) is 5.89. The number of benzene rings is 2. The van der Waals surface area contributed by atoms with Gasteiger partial charge in [-0.25, -0.2) is 13.6 Å². The number of nitrogens with zero attached hydrogens (tertiary/aromatic N) is 2. The summed E-state index contributed by atoms with van der Waals surface area (Å²) in [5.74, 6) is -1.22. The minimum atomic E-state index is -0.775. The Hall–Kier alpha value is -3.56. The molecule has 1 aliphatic rings. The normalized spacial score (nSPS) is 15.4. The van der Waals surface area contributed by atoms with Crippen molar-refractivity contribution in [2.75, 3.05) is 38.7 Å². The molecule has 1 aliphatic heterocycles. The number of likely N-dealkylation sites (tertiary alicyclic amines) is 1. The smallest absolute Gasteiger partial charge is 0.316 e. The van der Waals surface area contributed by atoms with E-state index in [1.54, 1.807) is 32.5 Å². The molecule has 7 nitrogen and oxygen atoms in total. The molecule has 3 aromatic rings. The predicted molar refractivity (Wildman–Crippen MR) is 132 cm³/mol. The Morgan fingerprint density at radius 2 is 1.89 bits per heavy atom. The lowest BCUT2D eigenvalue weighted by atomic mass is 9.98. The first-order valence-corrected chi connectivity index (χ1v) is 11.3. The summed E-state index contributed by atoms with van der Waals surface area (Å²) in [5, 5.41) is 2.47. The summed E-state index contributed by atoms with van der Waals surface area (Å²) in [4.78, 5) is 25.4. The summed E-state index contributed by atoms with van der Waals surface area (Å²) in [6.07, 6.45) is 2.58. The molecule has 4 rings (SSSR count). The molecular weight excluding hydrogens is 454 g/mol. The number of halogens is 2. The number of carbonyl (C=O) groups excluding carboxylic acids is 1. The van der Waals surface area contributed by atoms with Crippen LogP contribution in [0, 0.1) is 11.6 Å². The van der Waals surface area contributed by atoms with E-state index < -0.39 is 17.7 Å². The molecule has 0 radical (unpaired) electrons. The number of ether oxygens (including phenoxy) is 1. The number of urea groups is 1. The van der Waals surface area contributed by atoms with Crippen LogP contribution >= 0.6 is 0 Å². The molecule has 0 saturated carbocycles. The van der Waals surface area contributed by atoms with Crippen molar-refractivity contribution < 1.29 is 18.3 Å². The van der Waals surface area contributed by atoms with Crippen molar-refractivity contribution in [2.45, 2.75) is 12.3 Å². The van der Waals surface area contributed by atoms with E-state index in [-0.39, 0.29) is 5.56 Å². The molecular formula is C26H30F2N4O3. The fourth-order valence-corrected chi connectivity index (χ4v) is 4.04. The van der Waals surface area contributed by atoms with Gasteiger partial charge in [0.2, 0.25) is 0 Å². The molecule has 2 aromatic carbocycles. The van der Waals surface area contributed by atoms with Crippen LogP contribution in [0.25, 0.3) is 11.1 Å². The van der Waals surface area contributed by atoms with Gasteiger partial charge in [0.1, 0.15) is 0 Å². The highest BCUT2D eigenvalue weighted by Gasteiger charge is 2.24. The fraction of sp³-hybridized carbons (Fsp3) is 0.308. The number of hydrogen-bond donors (Lipinski definition) is 2. The molecule has 0 bridgehead atoms. The summed E-state index contributed by atoms with van der Waals surface area (Å²) in [6, 6.07) is 14.3. The highest BCUT2D eigenvalue weighted by Crippen LogP contribution is 2.28. The van der Waals surface area contributed by atoms with Crippen LogP contribution in [0.4, 0.5) is 19.3 Å². The highest BCUT2D eigenvalue weighted by molar-refractivity contribution is 5.93. The van der Waals surface area contributed by atoms with E-state index in [1.165, 1.54) is 16.7 Å². The van der Waals surface area contributed by atoms with Gasteiger partial charge >= 0.3 is 6.03 Å². The average molecular weight is 485 g/mol. The molecule has 2 heterocycles. The molecule has 1 saturated heterocycles. The standard InChI is InChI=1S/C13H17F2NO.C13H13N3O2/c1-17-7-6-16-5-4-11(9-16)10-2-3-12(14)13(15)8-10;1-16-8-7-10(15-13(14)18)11(12(16)17)9-5-3-2-4-6-9/h2-3,8,11H,4-7,9H2,1H3;2-8H,1H3,(H3,14,15,18). The van der Waals surface area contributed by atoms with E-state index in [0.717, 1.165) is 37.2 Å². The number of hydrogen-bond acceptors (Lipinski definition) is 4. The Bertz CT molecular complexity index is 1200.